The van der Waals surface area contributed by atoms with Crippen molar-refractivity contribution >= 4 is 58.3 Å². The topological polar surface area (TPSA) is 132 Å². The van der Waals surface area contributed by atoms with E-state index in [0.717, 1.165) is 0 Å². The standard InChI is InChI=1S/2C5H2Cl2N2O2.Zn/c2*6-2-1-3(7)8-9-4(2)5(10)11;/h2*1H,(H,10,11);/q;;+2/p-2. The summed E-state index contributed by atoms with van der Waals surface area (Å²) in [6, 6.07) is 2.36. The third-order valence-corrected chi connectivity index (χ3v) is 2.77. The first kappa shape index (κ1) is 21.9. The van der Waals surface area contributed by atoms with Crippen molar-refractivity contribution in [1.82, 2.24) is 20.4 Å². The van der Waals surface area contributed by atoms with Gasteiger partial charge in [0.05, 0.1) is 22.0 Å². The number of hydrogen-bond donors (Lipinski definition) is 0. The predicted octanol–water partition coefficient (Wildman–Crippen LogP) is 0.291. The second-order valence-corrected chi connectivity index (χ2v) is 4.89. The number of aromatic nitrogens is 4. The van der Waals surface area contributed by atoms with E-state index >= 15 is 0 Å². The van der Waals surface area contributed by atoms with Gasteiger partial charge in [0.2, 0.25) is 0 Å². The number of carboxylic acids is 2. The van der Waals surface area contributed by atoms with Crippen LogP contribution in [0.1, 0.15) is 21.0 Å². The second-order valence-electron chi connectivity index (χ2n) is 3.30. The molecule has 8 nitrogen and oxygen atoms in total. The van der Waals surface area contributed by atoms with Crippen molar-refractivity contribution in [3.63, 3.8) is 0 Å². The largest absolute Gasteiger partial charge is 2.00 e. The van der Waals surface area contributed by atoms with Gasteiger partial charge in [0, 0.05) is 0 Å². The molecule has 0 unspecified atom stereocenters. The first-order chi connectivity index (χ1) is 10.2. The molecule has 0 amide bonds. The fourth-order valence-corrected chi connectivity index (χ4v) is 1.81. The number of carboxylic acid groups (broad SMARTS) is 2. The third kappa shape index (κ3) is 6.89. The molecule has 0 atom stereocenters. The van der Waals surface area contributed by atoms with Crippen LogP contribution in [-0.2, 0) is 19.5 Å². The normalized spacial score (nSPS) is 9.22. The van der Waals surface area contributed by atoms with Crippen LogP contribution in [0.15, 0.2) is 12.1 Å². The van der Waals surface area contributed by atoms with Crippen LogP contribution in [0.3, 0.4) is 0 Å². The second kappa shape index (κ2) is 9.90. The summed E-state index contributed by atoms with van der Waals surface area (Å²) in [5.41, 5.74) is -0.813. The minimum absolute atomic E-state index is 0. The molecule has 2 heterocycles. The van der Waals surface area contributed by atoms with Crippen LogP contribution in [-0.4, -0.2) is 32.3 Å². The van der Waals surface area contributed by atoms with Gasteiger partial charge >= 0.3 is 19.5 Å². The van der Waals surface area contributed by atoms with Crippen molar-refractivity contribution in [2.75, 3.05) is 0 Å². The molecule has 0 saturated heterocycles. The smallest absolute Gasteiger partial charge is 0.543 e. The summed E-state index contributed by atoms with van der Waals surface area (Å²) in [4.78, 5) is 20.4. The number of carbonyl (C=O) groups is 2. The fraction of sp³-hybridized carbons (Fsp3) is 0. The molecule has 116 valence electrons. The molecule has 23 heavy (non-hydrogen) atoms. The Morgan fingerprint density at radius 2 is 1.04 bits per heavy atom. The van der Waals surface area contributed by atoms with E-state index in [2.05, 4.69) is 20.4 Å². The van der Waals surface area contributed by atoms with Gasteiger partial charge < -0.3 is 19.8 Å². The van der Waals surface area contributed by atoms with Gasteiger partial charge in [0.1, 0.15) is 11.4 Å². The van der Waals surface area contributed by atoms with Crippen molar-refractivity contribution in [2.45, 2.75) is 0 Å². The first-order valence-electron chi connectivity index (χ1n) is 5.02. The molecular formula is C10H2Cl4N4O4Zn. The molecule has 2 aromatic heterocycles. The van der Waals surface area contributed by atoms with Gasteiger partial charge in [-0.15, -0.1) is 20.4 Å². The predicted molar refractivity (Wildman–Crippen MR) is 72.8 cm³/mol. The fourth-order valence-electron chi connectivity index (χ4n) is 0.971. The molecule has 2 rings (SSSR count). The first-order valence-corrected chi connectivity index (χ1v) is 6.53. The Morgan fingerprint density at radius 3 is 1.26 bits per heavy atom. The summed E-state index contributed by atoms with van der Waals surface area (Å²) in [6.45, 7) is 0. The number of aromatic carboxylic acids is 2. The van der Waals surface area contributed by atoms with Crippen LogP contribution < -0.4 is 10.2 Å². The van der Waals surface area contributed by atoms with Crippen LogP contribution in [0.5, 0.6) is 0 Å². The van der Waals surface area contributed by atoms with Crippen LogP contribution in [0, 0.1) is 0 Å². The molecule has 0 bridgehead atoms. The van der Waals surface area contributed by atoms with Gasteiger partial charge in [-0.2, -0.15) is 0 Å². The Bertz CT molecular complexity index is 673. The van der Waals surface area contributed by atoms with E-state index in [4.69, 9.17) is 46.4 Å². The Morgan fingerprint density at radius 1 is 0.739 bits per heavy atom. The Kier molecular flexibility index (Phi) is 9.42. The van der Waals surface area contributed by atoms with E-state index < -0.39 is 23.3 Å². The van der Waals surface area contributed by atoms with E-state index in [-0.39, 0.29) is 39.8 Å². The molecular weight excluding hydrogens is 447 g/mol. The minimum Gasteiger partial charge on any atom is -0.543 e. The molecule has 13 heteroatoms. The van der Waals surface area contributed by atoms with E-state index in [1.807, 2.05) is 0 Å². The number of nitrogens with zero attached hydrogens (tertiary/aromatic N) is 4. The number of rotatable bonds is 2. The number of halogens is 4. The van der Waals surface area contributed by atoms with Crippen molar-refractivity contribution in [3.8, 4) is 0 Å². The van der Waals surface area contributed by atoms with Crippen LogP contribution in [0.2, 0.25) is 20.4 Å². The summed E-state index contributed by atoms with van der Waals surface area (Å²) in [5.74, 6) is -2.95. The monoisotopic (exact) mass is 446 g/mol. The zero-order chi connectivity index (χ0) is 16.9. The molecule has 0 radical (unpaired) electrons. The molecule has 0 aliphatic heterocycles. The third-order valence-electron chi connectivity index (χ3n) is 1.82. The van der Waals surface area contributed by atoms with Crippen molar-refractivity contribution < 1.29 is 39.3 Å². The average Bonchev–Trinajstić information content (AvgIpc) is 2.38. The maximum absolute atomic E-state index is 10.2. The molecule has 0 saturated carbocycles. The van der Waals surface area contributed by atoms with E-state index in [0.29, 0.717) is 0 Å². The average molecular weight is 449 g/mol. The van der Waals surface area contributed by atoms with Gasteiger partial charge in [0.15, 0.2) is 10.3 Å². The van der Waals surface area contributed by atoms with E-state index in [1.165, 1.54) is 12.1 Å². The minimum atomic E-state index is -1.47. The molecule has 0 fully saturated rings. The Hall–Kier alpha value is -1.12. The van der Waals surface area contributed by atoms with Crippen LogP contribution in [0.25, 0.3) is 0 Å². The summed E-state index contributed by atoms with van der Waals surface area (Å²) >= 11 is 21.5. The summed E-state index contributed by atoms with van der Waals surface area (Å²) in [6.07, 6.45) is 0. The van der Waals surface area contributed by atoms with E-state index in [1.54, 1.807) is 0 Å². The molecule has 0 spiro atoms. The van der Waals surface area contributed by atoms with Crippen molar-refractivity contribution in [1.29, 1.82) is 0 Å². The Labute approximate surface area is 161 Å². The summed E-state index contributed by atoms with van der Waals surface area (Å²) < 4.78 is 0. The van der Waals surface area contributed by atoms with Crippen LogP contribution >= 0.6 is 46.4 Å². The SMILES string of the molecule is O=C([O-])c1nnc(Cl)cc1Cl.O=C([O-])c1nnc(Cl)cc1Cl.[Zn+2]. The summed E-state index contributed by atoms with van der Waals surface area (Å²) in [5, 5.41) is 33.3. The molecule has 0 N–H and O–H groups in total. The summed E-state index contributed by atoms with van der Waals surface area (Å²) in [7, 11) is 0. The van der Waals surface area contributed by atoms with Crippen molar-refractivity contribution in [2.24, 2.45) is 0 Å². The maximum atomic E-state index is 10.2. The zero-order valence-electron chi connectivity index (χ0n) is 10.8. The van der Waals surface area contributed by atoms with E-state index in [9.17, 15) is 19.8 Å². The zero-order valence-corrected chi connectivity index (χ0v) is 16.8. The van der Waals surface area contributed by atoms with Gasteiger partial charge in [0.25, 0.3) is 0 Å². The molecule has 0 aromatic carbocycles. The van der Waals surface area contributed by atoms with Gasteiger partial charge in [-0.3, -0.25) is 0 Å². The quantitative estimate of drug-likeness (QED) is 0.598. The van der Waals surface area contributed by atoms with Crippen molar-refractivity contribution in [3.05, 3.63) is 43.9 Å². The number of carbonyl (C=O) groups excluding carboxylic acids is 2. The maximum Gasteiger partial charge on any atom is 2.00 e. The Balaban J connectivity index is 0.000000403. The van der Waals surface area contributed by atoms with Crippen LogP contribution in [0.4, 0.5) is 0 Å². The van der Waals surface area contributed by atoms with Gasteiger partial charge in [-0.05, 0) is 12.1 Å². The van der Waals surface area contributed by atoms with Gasteiger partial charge in [-0.25, -0.2) is 0 Å². The molecule has 0 aliphatic rings. The molecule has 2 aromatic rings. The molecule has 0 aliphatic carbocycles. The van der Waals surface area contributed by atoms with Gasteiger partial charge in [-0.1, -0.05) is 46.4 Å². The number of hydrogen-bond acceptors (Lipinski definition) is 8.